The predicted octanol–water partition coefficient (Wildman–Crippen LogP) is 3.22. The van der Waals surface area contributed by atoms with E-state index in [1.165, 1.54) is 5.56 Å². The van der Waals surface area contributed by atoms with E-state index < -0.39 is 0 Å². The topological polar surface area (TPSA) is 78.6 Å². The number of hydrogen-bond acceptors (Lipinski definition) is 4. The number of hydrogen-bond donors (Lipinski definition) is 3. The lowest BCUT2D eigenvalue weighted by Crippen LogP contribution is -2.25. The summed E-state index contributed by atoms with van der Waals surface area (Å²) in [5.74, 6) is 1.78. The monoisotopic (exact) mass is 347 g/mol. The van der Waals surface area contributed by atoms with Crippen LogP contribution in [0.1, 0.15) is 23.0 Å². The molecule has 0 spiro atoms. The molecule has 6 heteroatoms. The van der Waals surface area contributed by atoms with E-state index in [0.717, 1.165) is 41.0 Å². The third kappa shape index (κ3) is 3.19. The fraction of sp³-hybridized carbons (Fsp3) is 0.200. The number of ether oxygens (including phenoxy) is 1. The molecule has 0 radical (unpaired) electrons. The molecule has 0 aliphatic heterocycles. The maximum Gasteiger partial charge on any atom is 0.128 e. The molecule has 0 aliphatic carbocycles. The molecule has 1 aromatic carbocycles. The van der Waals surface area contributed by atoms with Crippen molar-refractivity contribution in [2.75, 3.05) is 13.7 Å². The maximum absolute atomic E-state index is 5.52. The van der Waals surface area contributed by atoms with Crippen LogP contribution in [0.5, 0.6) is 5.75 Å². The van der Waals surface area contributed by atoms with Gasteiger partial charge in [-0.1, -0.05) is 12.1 Å². The molecule has 3 aromatic heterocycles. The van der Waals surface area contributed by atoms with Crippen LogP contribution in [0.4, 0.5) is 0 Å². The van der Waals surface area contributed by atoms with E-state index >= 15 is 0 Å². The fourth-order valence-corrected chi connectivity index (χ4v) is 3.29. The van der Waals surface area contributed by atoms with E-state index in [0.29, 0.717) is 0 Å². The van der Waals surface area contributed by atoms with E-state index in [-0.39, 0.29) is 6.04 Å². The highest BCUT2D eigenvalue weighted by Gasteiger charge is 2.16. The molecule has 0 bridgehead atoms. The van der Waals surface area contributed by atoms with Crippen LogP contribution in [0.3, 0.4) is 0 Å². The molecule has 4 aromatic rings. The van der Waals surface area contributed by atoms with E-state index in [1.54, 1.807) is 19.5 Å². The third-order valence-corrected chi connectivity index (χ3v) is 4.52. The highest BCUT2D eigenvalue weighted by Crippen LogP contribution is 2.28. The Balaban J connectivity index is 1.53. The number of fused-ring (bicyclic) bond motifs is 1. The van der Waals surface area contributed by atoms with Gasteiger partial charge in [0.2, 0.25) is 0 Å². The lowest BCUT2D eigenvalue weighted by Gasteiger charge is -2.17. The number of nitrogens with zero attached hydrogens (tertiary/aromatic N) is 2. The Kier molecular flexibility index (Phi) is 4.66. The second kappa shape index (κ2) is 7.41. The van der Waals surface area contributed by atoms with Gasteiger partial charge < -0.3 is 20.0 Å². The second-order valence-corrected chi connectivity index (χ2v) is 6.09. The molecule has 3 heterocycles. The number of aromatic amines is 2. The summed E-state index contributed by atoms with van der Waals surface area (Å²) in [6.45, 7) is 0.797. The molecule has 0 fully saturated rings. The average molecular weight is 347 g/mol. The number of pyridine rings is 1. The Bertz CT molecular complexity index is 962. The normalized spacial score (nSPS) is 12.3. The van der Waals surface area contributed by atoms with E-state index in [4.69, 9.17) is 4.74 Å². The van der Waals surface area contributed by atoms with Gasteiger partial charge in [0.05, 0.1) is 13.2 Å². The van der Waals surface area contributed by atoms with E-state index in [1.807, 2.05) is 30.6 Å². The van der Waals surface area contributed by atoms with Crippen molar-refractivity contribution in [2.45, 2.75) is 12.5 Å². The van der Waals surface area contributed by atoms with Gasteiger partial charge in [-0.2, -0.15) is 0 Å². The summed E-state index contributed by atoms with van der Waals surface area (Å²) in [4.78, 5) is 15.2. The van der Waals surface area contributed by atoms with Gasteiger partial charge in [-0.25, -0.2) is 4.98 Å². The van der Waals surface area contributed by atoms with Gasteiger partial charge in [0.25, 0.3) is 0 Å². The first kappa shape index (κ1) is 16.4. The molecule has 0 amide bonds. The van der Waals surface area contributed by atoms with Gasteiger partial charge in [-0.15, -0.1) is 0 Å². The molecular formula is C20H21N5O. The number of imidazole rings is 1. The molecule has 6 nitrogen and oxygen atoms in total. The quantitative estimate of drug-likeness (QED) is 0.480. The molecule has 4 rings (SSSR count). The van der Waals surface area contributed by atoms with Crippen molar-refractivity contribution in [1.82, 2.24) is 25.3 Å². The number of rotatable bonds is 7. The van der Waals surface area contributed by atoms with Gasteiger partial charge >= 0.3 is 0 Å². The summed E-state index contributed by atoms with van der Waals surface area (Å²) in [6.07, 6.45) is 10.2. The molecule has 26 heavy (non-hydrogen) atoms. The zero-order valence-electron chi connectivity index (χ0n) is 14.6. The van der Waals surface area contributed by atoms with Crippen molar-refractivity contribution in [3.63, 3.8) is 0 Å². The summed E-state index contributed by atoms with van der Waals surface area (Å²) in [5, 5.41) is 4.74. The summed E-state index contributed by atoms with van der Waals surface area (Å²) in [7, 11) is 1.71. The van der Waals surface area contributed by atoms with Crippen molar-refractivity contribution in [3.8, 4) is 5.75 Å². The zero-order valence-corrected chi connectivity index (χ0v) is 14.6. The van der Waals surface area contributed by atoms with Crippen LogP contribution < -0.4 is 10.1 Å². The van der Waals surface area contributed by atoms with Gasteiger partial charge in [-0.3, -0.25) is 4.98 Å². The van der Waals surface area contributed by atoms with Crippen LogP contribution in [-0.2, 0) is 6.42 Å². The standard InChI is InChI=1S/C20H21N5O/c1-26-17-6-2-5-16-18(17)14(13-25-16)7-9-22-19(20-23-10-11-24-20)15-4-3-8-21-12-15/h2-6,8,10-13,19,22,25H,7,9H2,1H3,(H,23,24)/t19-/m1/s1. The first-order valence-corrected chi connectivity index (χ1v) is 8.62. The summed E-state index contributed by atoms with van der Waals surface area (Å²) >= 11 is 0. The Morgan fingerprint density at radius 2 is 2.12 bits per heavy atom. The molecule has 0 unspecified atom stereocenters. The van der Waals surface area contributed by atoms with Crippen LogP contribution in [0, 0.1) is 0 Å². The van der Waals surface area contributed by atoms with Crippen molar-refractivity contribution in [2.24, 2.45) is 0 Å². The lowest BCUT2D eigenvalue weighted by molar-refractivity contribution is 0.419. The smallest absolute Gasteiger partial charge is 0.128 e. The number of benzene rings is 1. The molecule has 1 atom stereocenters. The lowest BCUT2D eigenvalue weighted by atomic mass is 10.1. The Hall–Kier alpha value is -3.12. The molecule has 3 N–H and O–H groups in total. The molecule has 0 saturated carbocycles. The first-order chi connectivity index (χ1) is 12.9. The molecular weight excluding hydrogens is 326 g/mol. The minimum atomic E-state index is -0.0224. The van der Waals surface area contributed by atoms with Crippen molar-refractivity contribution >= 4 is 10.9 Å². The fourth-order valence-electron chi connectivity index (χ4n) is 3.29. The number of methoxy groups -OCH3 is 1. The zero-order chi connectivity index (χ0) is 17.8. The predicted molar refractivity (Wildman–Crippen MR) is 101 cm³/mol. The molecule has 0 aliphatic rings. The van der Waals surface area contributed by atoms with Crippen molar-refractivity contribution < 1.29 is 4.74 Å². The minimum absolute atomic E-state index is 0.0224. The van der Waals surface area contributed by atoms with E-state index in [2.05, 4.69) is 43.6 Å². The number of H-pyrrole nitrogens is 2. The Morgan fingerprint density at radius 1 is 1.15 bits per heavy atom. The summed E-state index contributed by atoms with van der Waals surface area (Å²) < 4.78 is 5.52. The maximum atomic E-state index is 5.52. The van der Waals surface area contributed by atoms with Crippen molar-refractivity contribution in [3.05, 3.63) is 78.3 Å². The summed E-state index contributed by atoms with van der Waals surface area (Å²) in [5.41, 5.74) is 3.41. The highest BCUT2D eigenvalue weighted by atomic mass is 16.5. The van der Waals surface area contributed by atoms with Crippen LogP contribution in [-0.4, -0.2) is 33.6 Å². The van der Waals surface area contributed by atoms with Gasteiger partial charge in [0.15, 0.2) is 0 Å². The summed E-state index contributed by atoms with van der Waals surface area (Å²) in [6, 6.07) is 10.0. The van der Waals surface area contributed by atoms with Crippen LogP contribution >= 0.6 is 0 Å². The SMILES string of the molecule is COc1cccc2[nH]cc(CCN[C@H](c3cccnc3)c3ncc[nH]3)c12. The molecule has 132 valence electrons. The second-order valence-electron chi connectivity index (χ2n) is 6.09. The number of nitrogens with one attached hydrogen (secondary N) is 3. The third-order valence-electron chi connectivity index (χ3n) is 4.52. The molecule has 0 saturated heterocycles. The largest absolute Gasteiger partial charge is 0.496 e. The van der Waals surface area contributed by atoms with Gasteiger partial charge in [-0.05, 0) is 35.7 Å². The average Bonchev–Trinajstić information content (AvgIpc) is 3.36. The minimum Gasteiger partial charge on any atom is -0.496 e. The first-order valence-electron chi connectivity index (χ1n) is 8.62. The highest BCUT2D eigenvalue weighted by molar-refractivity contribution is 5.89. The van der Waals surface area contributed by atoms with Gasteiger partial charge in [0.1, 0.15) is 11.6 Å². The van der Waals surface area contributed by atoms with Crippen LogP contribution in [0.25, 0.3) is 10.9 Å². The van der Waals surface area contributed by atoms with Gasteiger partial charge in [0, 0.05) is 48.4 Å². The van der Waals surface area contributed by atoms with Crippen molar-refractivity contribution in [1.29, 1.82) is 0 Å². The van der Waals surface area contributed by atoms with E-state index in [9.17, 15) is 0 Å². The Labute approximate surface area is 151 Å². The van der Waals surface area contributed by atoms with Crippen LogP contribution in [0.2, 0.25) is 0 Å². The number of aromatic nitrogens is 4. The Morgan fingerprint density at radius 3 is 2.88 bits per heavy atom. The van der Waals surface area contributed by atoms with Crippen LogP contribution in [0.15, 0.2) is 61.3 Å².